The Bertz CT molecular complexity index is 624. The van der Waals surface area contributed by atoms with E-state index in [1.165, 1.54) is 18.2 Å². The highest BCUT2D eigenvalue weighted by Gasteiger charge is 2.15. The number of hydrogen-bond acceptors (Lipinski definition) is 3. The maximum absolute atomic E-state index is 13.6. The Morgan fingerprint density at radius 3 is 2.42 bits per heavy atom. The average Bonchev–Trinajstić information content (AvgIpc) is 2.32. The van der Waals surface area contributed by atoms with Gasteiger partial charge in [0, 0.05) is 0 Å². The molecule has 0 saturated carbocycles. The van der Waals surface area contributed by atoms with Crippen LogP contribution in [0.5, 0.6) is 0 Å². The van der Waals surface area contributed by atoms with Crippen LogP contribution in [0.3, 0.4) is 0 Å². The molecular formula is C13H10F2N2O2. The number of nitrogens with two attached hydrogens (primary N) is 1. The van der Waals surface area contributed by atoms with Gasteiger partial charge in [-0.3, -0.25) is 4.79 Å². The second-order valence-electron chi connectivity index (χ2n) is 3.90. The highest BCUT2D eigenvalue weighted by molar-refractivity contribution is 5.73. The maximum atomic E-state index is 13.6. The van der Waals surface area contributed by atoms with Crippen molar-refractivity contribution >= 4 is 11.7 Å². The van der Waals surface area contributed by atoms with Crippen molar-refractivity contribution < 1.29 is 18.7 Å². The van der Waals surface area contributed by atoms with Crippen LogP contribution in [0.25, 0.3) is 11.3 Å². The SMILES string of the molecule is Nc1ccc(-c2c(F)cccc2F)nc1CC(=O)O. The summed E-state index contributed by atoms with van der Waals surface area (Å²) in [6, 6.07) is 6.18. The summed E-state index contributed by atoms with van der Waals surface area (Å²) in [5, 5.41) is 8.72. The number of halogens is 2. The first-order chi connectivity index (χ1) is 8.99. The number of benzene rings is 1. The quantitative estimate of drug-likeness (QED) is 0.891. The standard InChI is InChI=1S/C13H10F2N2O2/c14-7-2-1-3-8(15)13(7)10-5-4-9(16)11(17-10)6-12(18)19/h1-5H,6,16H2,(H,18,19). The summed E-state index contributed by atoms with van der Waals surface area (Å²) in [7, 11) is 0. The fraction of sp³-hybridized carbons (Fsp3) is 0.0769. The van der Waals surface area contributed by atoms with E-state index in [4.69, 9.17) is 10.8 Å². The number of nitrogens with zero attached hydrogens (tertiary/aromatic N) is 1. The Hall–Kier alpha value is -2.50. The van der Waals surface area contributed by atoms with Crippen molar-refractivity contribution in [1.82, 2.24) is 4.98 Å². The van der Waals surface area contributed by atoms with Gasteiger partial charge in [-0.05, 0) is 24.3 Å². The zero-order valence-electron chi connectivity index (χ0n) is 9.73. The number of nitrogen functional groups attached to an aromatic ring is 1. The van der Waals surface area contributed by atoms with Crippen LogP contribution >= 0.6 is 0 Å². The molecule has 0 saturated heterocycles. The summed E-state index contributed by atoms with van der Waals surface area (Å²) in [6.07, 6.45) is -0.407. The van der Waals surface area contributed by atoms with Gasteiger partial charge < -0.3 is 10.8 Å². The number of carboxylic acids is 1. The second-order valence-corrected chi connectivity index (χ2v) is 3.90. The summed E-state index contributed by atoms with van der Waals surface area (Å²) in [5.74, 6) is -2.65. The fourth-order valence-corrected chi connectivity index (χ4v) is 1.68. The summed E-state index contributed by atoms with van der Waals surface area (Å²) >= 11 is 0. The van der Waals surface area contributed by atoms with Gasteiger partial charge in [-0.2, -0.15) is 0 Å². The molecule has 2 rings (SSSR count). The van der Waals surface area contributed by atoms with E-state index in [9.17, 15) is 13.6 Å². The Kier molecular flexibility index (Phi) is 3.41. The minimum atomic E-state index is -1.12. The van der Waals surface area contributed by atoms with Gasteiger partial charge in [-0.25, -0.2) is 13.8 Å². The smallest absolute Gasteiger partial charge is 0.309 e. The average molecular weight is 264 g/mol. The number of pyridine rings is 1. The summed E-state index contributed by atoms with van der Waals surface area (Å²) in [4.78, 5) is 14.6. The van der Waals surface area contributed by atoms with Gasteiger partial charge in [-0.1, -0.05) is 6.07 Å². The molecule has 1 heterocycles. The lowest BCUT2D eigenvalue weighted by molar-refractivity contribution is -0.136. The van der Waals surface area contributed by atoms with Crippen LogP contribution in [0.15, 0.2) is 30.3 Å². The Labute approximate surface area is 107 Å². The van der Waals surface area contributed by atoms with Gasteiger partial charge in [0.25, 0.3) is 0 Å². The van der Waals surface area contributed by atoms with E-state index in [0.717, 1.165) is 12.1 Å². The van der Waals surface area contributed by atoms with Crippen molar-refractivity contribution in [2.75, 3.05) is 5.73 Å². The number of aliphatic carboxylic acids is 1. The number of carbonyl (C=O) groups is 1. The highest BCUT2D eigenvalue weighted by Crippen LogP contribution is 2.26. The van der Waals surface area contributed by atoms with Crippen LogP contribution < -0.4 is 5.73 Å². The lowest BCUT2D eigenvalue weighted by Crippen LogP contribution is -2.07. The second kappa shape index (κ2) is 5.01. The predicted octanol–water partition coefficient (Wildman–Crippen LogP) is 2.24. The van der Waals surface area contributed by atoms with E-state index in [1.54, 1.807) is 0 Å². The third kappa shape index (κ3) is 2.67. The van der Waals surface area contributed by atoms with Gasteiger partial charge >= 0.3 is 5.97 Å². The molecule has 0 fully saturated rings. The summed E-state index contributed by atoms with van der Waals surface area (Å²) < 4.78 is 27.2. The van der Waals surface area contributed by atoms with Gasteiger partial charge in [0.2, 0.25) is 0 Å². The van der Waals surface area contributed by atoms with E-state index in [2.05, 4.69) is 4.98 Å². The lowest BCUT2D eigenvalue weighted by Gasteiger charge is -2.08. The number of anilines is 1. The Balaban J connectivity index is 2.54. The number of hydrogen-bond donors (Lipinski definition) is 2. The number of rotatable bonds is 3. The molecule has 0 radical (unpaired) electrons. The van der Waals surface area contributed by atoms with E-state index in [0.29, 0.717) is 0 Å². The lowest BCUT2D eigenvalue weighted by atomic mass is 10.1. The molecule has 19 heavy (non-hydrogen) atoms. The molecule has 1 aromatic heterocycles. The minimum absolute atomic E-state index is 0.0149. The predicted molar refractivity (Wildman–Crippen MR) is 65.3 cm³/mol. The summed E-state index contributed by atoms with van der Waals surface area (Å²) in [5.41, 5.74) is 5.54. The zero-order valence-corrected chi connectivity index (χ0v) is 9.73. The number of carboxylic acid groups (broad SMARTS) is 1. The van der Waals surface area contributed by atoms with E-state index >= 15 is 0 Å². The topological polar surface area (TPSA) is 76.2 Å². The molecule has 0 unspecified atom stereocenters. The molecule has 0 bridgehead atoms. The molecule has 98 valence electrons. The third-order valence-electron chi connectivity index (χ3n) is 2.55. The van der Waals surface area contributed by atoms with Crippen molar-refractivity contribution in [1.29, 1.82) is 0 Å². The first-order valence-corrected chi connectivity index (χ1v) is 5.40. The minimum Gasteiger partial charge on any atom is -0.481 e. The third-order valence-corrected chi connectivity index (χ3v) is 2.55. The molecule has 0 aliphatic rings. The molecule has 6 heteroatoms. The van der Waals surface area contributed by atoms with E-state index < -0.39 is 24.0 Å². The molecular weight excluding hydrogens is 254 g/mol. The monoisotopic (exact) mass is 264 g/mol. The molecule has 2 aromatic rings. The number of aromatic nitrogens is 1. The zero-order chi connectivity index (χ0) is 14.0. The maximum Gasteiger partial charge on any atom is 0.309 e. The van der Waals surface area contributed by atoms with Gasteiger partial charge in [-0.15, -0.1) is 0 Å². The summed E-state index contributed by atoms with van der Waals surface area (Å²) in [6.45, 7) is 0. The fourth-order valence-electron chi connectivity index (χ4n) is 1.68. The van der Waals surface area contributed by atoms with Crippen LogP contribution in [0.2, 0.25) is 0 Å². The van der Waals surface area contributed by atoms with Crippen LogP contribution in [0.4, 0.5) is 14.5 Å². The molecule has 0 amide bonds. The molecule has 4 nitrogen and oxygen atoms in total. The largest absolute Gasteiger partial charge is 0.481 e. The van der Waals surface area contributed by atoms with Crippen LogP contribution in [0.1, 0.15) is 5.69 Å². The molecule has 3 N–H and O–H groups in total. The van der Waals surface area contributed by atoms with Crippen LogP contribution in [-0.4, -0.2) is 16.1 Å². The molecule has 0 aliphatic heterocycles. The van der Waals surface area contributed by atoms with Crippen molar-refractivity contribution in [2.45, 2.75) is 6.42 Å². The molecule has 0 atom stereocenters. The van der Waals surface area contributed by atoms with Crippen molar-refractivity contribution in [2.24, 2.45) is 0 Å². The Morgan fingerprint density at radius 2 is 1.84 bits per heavy atom. The highest BCUT2D eigenvalue weighted by atomic mass is 19.1. The van der Waals surface area contributed by atoms with Crippen LogP contribution in [0, 0.1) is 11.6 Å². The van der Waals surface area contributed by atoms with E-state index in [1.807, 2.05) is 0 Å². The van der Waals surface area contributed by atoms with Crippen LogP contribution in [-0.2, 0) is 11.2 Å². The van der Waals surface area contributed by atoms with Crippen molar-refractivity contribution in [3.05, 3.63) is 47.7 Å². The normalized spacial score (nSPS) is 10.4. The molecule has 0 spiro atoms. The molecule has 0 aliphatic carbocycles. The van der Waals surface area contributed by atoms with Crippen molar-refractivity contribution in [3.8, 4) is 11.3 Å². The van der Waals surface area contributed by atoms with Crippen molar-refractivity contribution in [3.63, 3.8) is 0 Å². The Morgan fingerprint density at radius 1 is 1.21 bits per heavy atom. The molecule has 1 aromatic carbocycles. The first kappa shape index (κ1) is 12.9. The van der Waals surface area contributed by atoms with Gasteiger partial charge in [0.05, 0.1) is 29.1 Å². The van der Waals surface area contributed by atoms with E-state index in [-0.39, 0.29) is 22.6 Å². The van der Waals surface area contributed by atoms with Gasteiger partial charge in [0.1, 0.15) is 11.6 Å². The van der Waals surface area contributed by atoms with Gasteiger partial charge in [0.15, 0.2) is 0 Å². The first-order valence-electron chi connectivity index (χ1n) is 5.40.